The minimum atomic E-state index is -0.795. The van der Waals surface area contributed by atoms with Gasteiger partial charge in [0.1, 0.15) is 0 Å². The molecule has 2 aliphatic carbocycles. The van der Waals surface area contributed by atoms with Crippen LogP contribution in [0.5, 0.6) is 11.5 Å². The van der Waals surface area contributed by atoms with Gasteiger partial charge in [-0.25, -0.2) is 0 Å². The van der Waals surface area contributed by atoms with Crippen molar-refractivity contribution < 1.29 is 23.5 Å². The molecule has 0 spiro atoms. The maximum absolute atomic E-state index is 14.1. The van der Waals surface area contributed by atoms with Crippen LogP contribution in [-0.2, 0) is 11.2 Å². The summed E-state index contributed by atoms with van der Waals surface area (Å²) < 4.78 is 19.0. The Balaban J connectivity index is 1.37. The molecule has 2 aliphatic heterocycles. The van der Waals surface area contributed by atoms with Gasteiger partial charge in [-0.2, -0.15) is 0 Å². The number of carbonyl (C=O) groups is 2. The first kappa shape index (κ1) is 26.9. The summed E-state index contributed by atoms with van der Waals surface area (Å²) in [6.45, 7) is 8.83. The van der Waals surface area contributed by atoms with Crippen LogP contribution in [0.4, 0.5) is 0 Å². The van der Waals surface area contributed by atoms with Gasteiger partial charge in [-0.05, 0) is 84.2 Å². The Morgan fingerprint density at radius 3 is 2.40 bits per heavy atom. The second-order valence-electron chi connectivity index (χ2n) is 12.4. The Bertz CT molecular complexity index is 1430. The number of carbonyl (C=O) groups excluding carboxylic acids is 2. The molecule has 0 N–H and O–H groups in total. The molecule has 2 aromatic rings. The summed E-state index contributed by atoms with van der Waals surface area (Å²) >= 11 is 0. The van der Waals surface area contributed by atoms with Crippen LogP contribution >= 0.6 is 0 Å². The molecule has 0 radical (unpaired) electrons. The molecule has 1 fully saturated rings. The van der Waals surface area contributed by atoms with Crippen molar-refractivity contribution in [3.8, 4) is 22.6 Å². The summed E-state index contributed by atoms with van der Waals surface area (Å²) in [5.74, 6) is 0.881. The summed E-state index contributed by atoms with van der Waals surface area (Å²) in [4.78, 5) is 31.1. The van der Waals surface area contributed by atoms with Crippen LogP contribution in [0.2, 0.25) is 0 Å². The van der Waals surface area contributed by atoms with Crippen molar-refractivity contribution in [1.82, 2.24) is 9.80 Å². The molecule has 212 valence electrons. The number of allylic oxidation sites excluding steroid dienone is 3. The van der Waals surface area contributed by atoms with Gasteiger partial charge in [0.05, 0.1) is 18.1 Å². The second kappa shape index (κ2) is 9.95. The average Bonchev–Trinajstić information content (AvgIpc) is 3.56. The summed E-state index contributed by atoms with van der Waals surface area (Å²) in [6, 6.07) is 2.50. The van der Waals surface area contributed by atoms with Gasteiger partial charge in [-0.3, -0.25) is 9.59 Å². The lowest BCUT2D eigenvalue weighted by Crippen LogP contribution is -2.46. The predicted molar refractivity (Wildman–Crippen MR) is 154 cm³/mol. The van der Waals surface area contributed by atoms with Crippen molar-refractivity contribution in [2.45, 2.75) is 78.0 Å². The van der Waals surface area contributed by atoms with Gasteiger partial charge >= 0.3 is 0 Å². The van der Waals surface area contributed by atoms with E-state index in [1.807, 2.05) is 31.7 Å². The van der Waals surface area contributed by atoms with E-state index in [2.05, 4.69) is 32.0 Å². The van der Waals surface area contributed by atoms with Crippen LogP contribution in [-0.4, -0.2) is 60.5 Å². The third-order valence-electron chi connectivity index (χ3n) is 9.54. The standard InChI is InChI=1S/C33H40N2O5/c1-19-15-20(2)26(27(36)16-19)17-35-13-11-25-28(32(35)37)21(3)30-31(29(25)22-12-14-38-18-22)40-33(4,39-30)23-7-9-24(10-8-23)34(5)6/h12,14-15,18,23-24H,7-11,13,16-17H2,1-6H3/t23?,24?,33-/m0/s1. The fourth-order valence-electron chi connectivity index (χ4n) is 7.22. The van der Waals surface area contributed by atoms with E-state index in [0.29, 0.717) is 43.3 Å². The average molecular weight is 545 g/mol. The maximum Gasteiger partial charge on any atom is 0.254 e. The topological polar surface area (TPSA) is 72.2 Å². The van der Waals surface area contributed by atoms with E-state index in [9.17, 15) is 9.59 Å². The number of ether oxygens (including phenoxy) is 2. The van der Waals surface area contributed by atoms with Gasteiger partial charge in [0.15, 0.2) is 17.3 Å². The van der Waals surface area contributed by atoms with E-state index in [1.165, 1.54) is 0 Å². The predicted octanol–water partition coefficient (Wildman–Crippen LogP) is 6.10. The van der Waals surface area contributed by atoms with E-state index in [0.717, 1.165) is 70.4 Å². The zero-order chi connectivity index (χ0) is 28.3. The Labute approximate surface area is 236 Å². The van der Waals surface area contributed by atoms with Gasteiger partial charge < -0.3 is 23.7 Å². The number of nitrogens with zero attached hydrogens (tertiary/aromatic N) is 2. The number of amides is 1. The number of rotatable bonds is 5. The number of Topliss-reactive ketones (excluding diaryl/α,β-unsaturated/α-hetero) is 1. The third kappa shape index (κ3) is 4.39. The molecule has 3 heterocycles. The van der Waals surface area contributed by atoms with Crippen LogP contribution in [0, 0.1) is 12.8 Å². The highest BCUT2D eigenvalue weighted by Gasteiger charge is 2.49. The number of hydrogen-bond acceptors (Lipinski definition) is 6. The molecule has 6 rings (SSSR count). The molecular weight excluding hydrogens is 504 g/mol. The normalized spacial score (nSPS) is 26.5. The molecular formula is C33H40N2O5. The number of furan rings is 1. The second-order valence-corrected chi connectivity index (χ2v) is 12.4. The largest absolute Gasteiger partial charge is 0.472 e. The van der Waals surface area contributed by atoms with Crippen molar-refractivity contribution in [2.75, 3.05) is 27.2 Å². The molecule has 40 heavy (non-hydrogen) atoms. The lowest BCUT2D eigenvalue weighted by atomic mass is 9.81. The van der Waals surface area contributed by atoms with Crippen molar-refractivity contribution >= 4 is 11.7 Å². The van der Waals surface area contributed by atoms with Gasteiger partial charge in [-0.15, -0.1) is 0 Å². The first-order valence-corrected chi connectivity index (χ1v) is 14.5. The van der Waals surface area contributed by atoms with Crippen molar-refractivity contribution in [3.05, 3.63) is 58.1 Å². The molecule has 7 nitrogen and oxygen atoms in total. The zero-order valence-corrected chi connectivity index (χ0v) is 24.6. The number of benzene rings is 1. The smallest absolute Gasteiger partial charge is 0.254 e. The fraction of sp³-hybridized carbons (Fsp3) is 0.515. The Kier molecular flexibility index (Phi) is 6.68. The zero-order valence-electron chi connectivity index (χ0n) is 24.6. The Morgan fingerprint density at radius 2 is 1.75 bits per heavy atom. The van der Waals surface area contributed by atoms with E-state index in [-0.39, 0.29) is 17.6 Å². The highest BCUT2D eigenvalue weighted by atomic mass is 16.7. The molecule has 0 bridgehead atoms. The Morgan fingerprint density at radius 1 is 1.02 bits per heavy atom. The molecule has 0 unspecified atom stereocenters. The molecule has 1 aromatic heterocycles. The molecule has 1 aromatic carbocycles. The number of ketones is 1. The maximum atomic E-state index is 14.1. The van der Waals surface area contributed by atoms with E-state index in [1.54, 1.807) is 12.5 Å². The summed E-state index contributed by atoms with van der Waals surface area (Å²) in [5.41, 5.74) is 6.98. The van der Waals surface area contributed by atoms with Crippen molar-refractivity contribution in [3.63, 3.8) is 0 Å². The molecule has 7 heteroatoms. The third-order valence-corrected chi connectivity index (χ3v) is 9.54. The summed E-state index contributed by atoms with van der Waals surface area (Å²) in [6.07, 6.45) is 10.8. The van der Waals surface area contributed by atoms with Crippen LogP contribution < -0.4 is 9.47 Å². The number of hydrogen-bond donors (Lipinski definition) is 0. The first-order chi connectivity index (χ1) is 19.1. The monoisotopic (exact) mass is 544 g/mol. The van der Waals surface area contributed by atoms with Gasteiger partial charge in [0, 0.05) is 60.7 Å². The van der Waals surface area contributed by atoms with Crippen LogP contribution in [0.3, 0.4) is 0 Å². The van der Waals surface area contributed by atoms with Gasteiger partial charge in [0.25, 0.3) is 11.7 Å². The molecule has 1 amide bonds. The van der Waals surface area contributed by atoms with Crippen LogP contribution in [0.15, 0.2) is 45.8 Å². The summed E-state index contributed by atoms with van der Waals surface area (Å²) in [7, 11) is 4.30. The van der Waals surface area contributed by atoms with E-state index < -0.39 is 5.79 Å². The summed E-state index contributed by atoms with van der Waals surface area (Å²) in [5, 5.41) is 0. The molecule has 4 aliphatic rings. The molecule has 1 atom stereocenters. The highest BCUT2D eigenvalue weighted by molar-refractivity contribution is 6.04. The SMILES string of the molecule is CC1=CC(C)=C(CN2CCc3c(c(C)c4c(c3-c3ccoc3)O[C@@](C)(C3CCC(N(C)C)CC3)O4)C2=O)C(=O)C1. The number of fused-ring (bicyclic) bond motifs is 2. The van der Waals surface area contributed by atoms with Gasteiger partial charge in [-0.1, -0.05) is 11.6 Å². The van der Waals surface area contributed by atoms with Crippen molar-refractivity contribution in [2.24, 2.45) is 5.92 Å². The van der Waals surface area contributed by atoms with E-state index in [4.69, 9.17) is 13.9 Å². The van der Waals surface area contributed by atoms with Crippen LogP contribution in [0.1, 0.15) is 74.4 Å². The first-order valence-electron chi connectivity index (χ1n) is 14.5. The van der Waals surface area contributed by atoms with Gasteiger partial charge in [0.2, 0.25) is 0 Å². The van der Waals surface area contributed by atoms with Crippen molar-refractivity contribution in [1.29, 1.82) is 0 Å². The molecule has 1 saturated carbocycles. The lowest BCUT2D eigenvalue weighted by molar-refractivity contribution is -0.123. The minimum Gasteiger partial charge on any atom is -0.472 e. The van der Waals surface area contributed by atoms with E-state index >= 15 is 0 Å². The Hall–Kier alpha value is -3.32. The van der Waals surface area contributed by atoms with Crippen LogP contribution in [0.25, 0.3) is 11.1 Å². The quantitative estimate of drug-likeness (QED) is 0.453. The fourth-order valence-corrected chi connectivity index (χ4v) is 7.22. The lowest BCUT2D eigenvalue weighted by Gasteiger charge is -2.39. The highest BCUT2D eigenvalue weighted by Crippen LogP contribution is 2.55. The molecule has 0 saturated heterocycles. The minimum absolute atomic E-state index is 0.0608.